The van der Waals surface area contributed by atoms with Gasteiger partial charge in [-0.25, -0.2) is 18.9 Å². The van der Waals surface area contributed by atoms with E-state index in [4.69, 9.17) is 4.74 Å². The molecule has 0 spiro atoms. The number of carboxylic acid groups (broad SMARTS) is 1. The van der Waals surface area contributed by atoms with Gasteiger partial charge in [-0.3, -0.25) is 9.59 Å². The van der Waals surface area contributed by atoms with Gasteiger partial charge in [0, 0.05) is 44.3 Å². The number of carbonyl (C=O) groups is 3. The summed E-state index contributed by atoms with van der Waals surface area (Å²) in [4.78, 5) is 48.7. The fourth-order valence-corrected chi connectivity index (χ4v) is 5.99. The summed E-state index contributed by atoms with van der Waals surface area (Å²) in [6.07, 6.45) is 4.12. The van der Waals surface area contributed by atoms with Crippen LogP contribution in [0.2, 0.25) is 0 Å². The maximum absolute atomic E-state index is 14.9. The summed E-state index contributed by atoms with van der Waals surface area (Å²) in [6, 6.07) is 5.47. The van der Waals surface area contributed by atoms with Crippen LogP contribution in [0.15, 0.2) is 35.8 Å². The number of likely N-dealkylation sites (tertiary alicyclic amines) is 1. The molecule has 2 aliphatic rings. The van der Waals surface area contributed by atoms with Crippen LogP contribution in [-0.4, -0.2) is 110 Å². The van der Waals surface area contributed by atoms with Crippen LogP contribution in [0.25, 0.3) is 17.8 Å². The monoisotopic (exact) mass is 611 g/mol. The van der Waals surface area contributed by atoms with Crippen LogP contribution < -0.4 is 0 Å². The number of carbonyl (C=O) groups excluding carboxylic acids is 2. The first-order chi connectivity index (χ1) is 20.7. The molecule has 2 saturated heterocycles. The molecule has 2 fully saturated rings. The number of piperidine rings is 1. The lowest BCUT2D eigenvalue weighted by atomic mass is 9.91. The zero-order valence-corrected chi connectivity index (χ0v) is 24.8. The van der Waals surface area contributed by atoms with Gasteiger partial charge in [0.1, 0.15) is 22.2 Å². The number of para-hydroxylation sites is 1. The summed E-state index contributed by atoms with van der Waals surface area (Å²) in [5.41, 5.74) is 0.361. The molecule has 2 aromatic heterocycles. The molecule has 2 atom stereocenters. The van der Waals surface area contributed by atoms with E-state index in [0.717, 1.165) is 0 Å². The second kappa shape index (κ2) is 13.4. The van der Waals surface area contributed by atoms with Gasteiger partial charge >= 0.3 is 6.09 Å². The largest absolute Gasteiger partial charge is 0.465 e. The molecule has 0 unspecified atom stereocenters. The molecule has 3 amide bonds. The minimum absolute atomic E-state index is 0.0137. The zero-order valence-electron chi connectivity index (χ0n) is 24.0. The van der Waals surface area contributed by atoms with Crippen LogP contribution >= 0.6 is 11.3 Å². The minimum atomic E-state index is -1.15. The Kier molecular flexibility index (Phi) is 9.46. The number of nitrogens with zero attached hydrogens (tertiary/aromatic N) is 7. The van der Waals surface area contributed by atoms with Gasteiger partial charge in [-0.1, -0.05) is 31.2 Å². The fraction of sp³-hybridized carbons (Fsp3) is 0.448. The number of halogens is 1. The molecule has 0 bridgehead atoms. The van der Waals surface area contributed by atoms with Gasteiger partial charge in [0.15, 0.2) is 5.69 Å². The van der Waals surface area contributed by atoms with Crippen molar-refractivity contribution in [2.45, 2.75) is 26.3 Å². The maximum atomic E-state index is 14.9. The van der Waals surface area contributed by atoms with Crippen molar-refractivity contribution >= 4 is 41.4 Å². The van der Waals surface area contributed by atoms with E-state index in [1.165, 1.54) is 27.0 Å². The summed E-state index contributed by atoms with van der Waals surface area (Å²) in [5, 5.41) is 20.8. The van der Waals surface area contributed by atoms with Crippen LogP contribution in [0, 0.1) is 17.7 Å². The number of ether oxygens (including phenoxy) is 1. The van der Waals surface area contributed by atoms with Crippen LogP contribution in [-0.2, 0) is 9.53 Å². The van der Waals surface area contributed by atoms with Gasteiger partial charge in [0.25, 0.3) is 5.91 Å². The number of benzene rings is 1. The van der Waals surface area contributed by atoms with E-state index >= 15 is 0 Å². The van der Waals surface area contributed by atoms with Crippen molar-refractivity contribution in [3.63, 3.8) is 0 Å². The zero-order chi connectivity index (χ0) is 30.5. The average molecular weight is 612 g/mol. The van der Waals surface area contributed by atoms with E-state index in [1.807, 2.05) is 19.2 Å². The van der Waals surface area contributed by atoms with Gasteiger partial charge in [0.2, 0.25) is 5.91 Å². The van der Waals surface area contributed by atoms with Crippen molar-refractivity contribution in [3.05, 3.63) is 58.1 Å². The lowest BCUT2D eigenvalue weighted by Crippen LogP contribution is -2.58. The Morgan fingerprint density at radius 3 is 2.60 bits per heavy atom. The number of morpholine rings is 1. The number of rotatable bonds is 8. The van der Waals surface area contributed by atoms with Crippen molar-refractivity contribution < 1.29 is 28.6 Å². The quantitative estimate of drug-likeness (QED) is 0.410. The molecule has 228 valence electrons. The highest BCUT2D eigenvalue weighted by molar-refractivity contribution is 7.10. The highest BCUT2D eigenvalue weighted by Gasteiger charge is 2.41. The number of thiazole rings is 1. The molecule has 14 heteroatoms. The van der Waals surface area contributed by atoms with E-state index < -0.39 is 29.8 Å². The van der Waals surface area contributed by atoms with Crippen LogP contribution in [0.5, 0.6) is 0 Å². The molecular formula is C29H34FN7O5S. The predicted molar refractivity (Wildman–Crippen MR) is 157 cm³/mol. The van der Waals surface area contributed by atoms with Crippen molar-refractivity contribution in [3.8, 4) is 5.69 Å². The Morgan fingerprint density at radius 1 is 1.16 bits per heavy atom. The molecule has 0 radical (unpaired) electrons. The van der Waals surface area contributed by atoms with E-state index in [-0.39, 0.29) is 48.5 Å². The third-order valence-electron chi connectivity index (χ3n) is 7.46. The highest BCUT2D eigenvalue weighted by atomic mass is 32.1. The molecule has 43 heavy (non-hydrogen) atoms. The molecule has 12 nitrogen and oxygen atoms in total. The fourth-order valence-electron chi connectivity index (χ4n) is 5.46. The molecule has 5 rings (SSSR count). The lowest BCUT2D eigenvalue weighted by Gasteiger charge is -2.43. The first-order valence-electron chi connectivity index (χ1n) is 14.2. The number of hydrogen-bond donors (Lipinski definition) is 1. The van der Waals surface area contributed by atoms with E-state index in [9.17, 15) is 23.9 Å². The Morgan fingerprint density at radius 2 is 1.93 bits per heavy atom. The molecule has 1 aromatic carbocycles. The summed E-state index contributed by atoms with van der Waals surface area (Å²) in [6.45, 7) is 6.03. The normalized spacial score (nSPS) is 19.3. The van der Waals surface area contributed by atoms with Crippen LogP contribution in [0.4, 0.5) is 9.18 Å². The number of amides is 3. The predicted octanol–water partition coefficient (Wildman–Crippen LogP) is 3.36. The standard InChI is InChI=1S/C29H34FN7O5S/c1-19(2)16-36(21-15-20(17-35(18-21)29(40)41)27(38)34-10-12-42-13-11-34)28(39)26-24(7-8-25-31-9-14-43-25)37(33-32-26)23-6-4-3-5-22(23)30/h3-9,14,19-21H,10-13,15-18H2,1-2H3,(H,40,41)/t20-,21+/m1/s1. The molecule has 1 N–H and O–H groups in total. The van der Waals surface area contributed by atoms with Gasteiger partial charge in [-0.2, -0.15) is 0 Å². The smallest absolute Gasteiger partial charge is 0.407 e. The van der Waals surface area contributed by atoms with Crippen LogP contribution in [0.3, 0.4) is 0 Å². The molecule has 0 aliphatic carbocycles. The van der Waals surface area contributed by atoms with Gasteiger partial charge < -0.3 is 24.5 Å². The second-order valence-corrected chi connectivity index (χ2v) is 11.9. The molecule has 2 aliphatic heterocycles. The third kappa shape index (κ3) is 6.91. The number of hydrogen-bond acceptors (Lipinski definition) is 8. The van der Waals surface area contributed by atoms with Gasteiger partial charge in [-0.05, 0) is 36.6 Å². The topological polar surface area (TPSA) is 134 Å². The maximum Gasteiger partial charge on any atom is 0.407 e. The molecular weight excluding hydrogens is 577 g/mol. The van der Waals surface area contributed by atoms with Crippen molar-refractivity contribution in [1.82, 2.24) is 34.7 Å². The first-order valence-corrected chi connectivity index (χ1v) is 15.0. The summed E-state index contributed by atoms with van der Waals surface area (Å²) in [5.74, 6) is -1.76. The van der Waals surface area contributed by atoms with Crippen LogP contribution in [0.1, 0.15) is 41.5 Å². The SMILES string of the molecule is CC(C)CN(C(=O)c1nnn(-c2ccccc2F)c1C=Cc1nccs1)[C@H]1C[C@@H](C(=O)N2CCOCC2)CN(C(=O)O)C1. The number of aromatic nitrogens is 4. The summed E-state index contributed by atoms with van der Waals surface area (Å²) >= 11 is 1.40. The molecule has 3 aromatic rings. The Balaban J connectivity index is 1.51. The minimum Gasteiger partial charge on any atom is -0.465 e. The van der Waals surface area contributed by atoms with Crippen molar-refractivity contribution in [2.24, 2.45) is 11.8 Å². The second-order valence-electron chi connectivity index (χ2n) is 11.0. The average Bonchev–Trinajstić information content (AvgIpc) is 3.68. The molecule has 4 heterocycles. The first kappa shape index (κ1) is 30.3. The van der Waals surface area contributed by atoms with Crippen molar-refractivity contribution in [1.29, 1.82) is 0 Å². The van der Waals surface area contributed by atoms with Gasteiger partial charge in [0.05, 0.1) is 25.2 Å². The van der Waals surface area contributed by atoms with Gasteiger partial charge in [-0.15, -0.1) is 16.4 Å². The lowest BCUT2D eigenvalue weighted by molar-refractivity contribution is -0.142. The highest BCUT2D eigenvalue weighted by Crippen LogP contribution is 2.27. The van der Waals surface area contributed by atoms with E-state index in [2.05, 4.69) is 15.3 Å². The summed E-state index contributed by atoms with van der Waals surface area (Å²) < 4.78 is 21.5. The van der Waals surface area contributed by atoms with E-state index in [0.29, 0.717) is 37.7 Å². The Hall–Kier alpha value is -4.17. The Bertz CT molecular complexity index is 1470. The third-order valence-corrected chi connectivity index (χ3v) is 8.20. The van der Waals surface area contributed by atoms with Crippen molar-refractivity contribution in [2.75, 3.05) is 45.9 Å². The molecule has 0 saturated carbocycles. The Labute approximate surface area is 252 Å². The van der Waals surface area contributed by atoms with E-state index in [1.54, 1.807) is 46.3 Å². The summed E-state index contributed by atoms with van der Waals surface area (Å²) in [7, 11) is 0.